The Morgan fingerprint density at radius 1 is 0.519 bits per heavy atom. The summed E-state index contributed by atoms with van der Waals surface area (Å²) < 4.78 is 85.8. The van der Waals surface area contributed by atoms with Crippen LogP contribution in [-0.4, -0.2) is 12.7 Å². The number of hydrogen-bond donors (Lipinski definition) is 0. The van der Waals surface area contributed by atoms with Crippen molar-refractivity contribution in [2.75, 3.05) is 0 Å². The first-order chi connectivity index (χ1) is 24.8. The average molecular weight is 701 g/mol. The van der Waals surface area contributed by atoms with Gasteiger partial charge in [-0.2, -0.15) is 21.0 Å². The van der Waals surface area contributed by atoms with Crippen molar-refractivity contribution in [2.45, 2.75) is 18.6 Å². The molecule has 4 aromatic carbocycles. The molecule has 0 amide bonds. The monoisotopic (exact) mass is 700 g/mol. The van der Waals surface area contributed by atoms with Crippen molar-refractivity contribution >= 4 is 16.7 Å². The maximum absolute atomic E-state index is 12.9. The zero-order valence-corrected chi connectivity index (χ0v) is 26.3. The van der Waals surface area contributed by atoms with E-state index in [-0.39, 0.29) is 11.1 Å². The summed E-state index contributed by atoms with van der Waals surface area (Å²) in [6.07, 6.45) is -6.04. The summed E-state index contributed by atoms with van der Waals surface area (Å²) in [5, 5.41) is 40.1. The van der Waals surface area contributed by atoms with Crippen molar-refractivity contribution in [3.05, 3.63) is 136 Å². The Morgan fingerprint density at radius 2 is 1.02 bits per heavy atom. The van der Waals surface area contributed by atoms with E-state index in [0.29, 0.717) is 66.8 Å². The highest BCUT2D eigenvalue weighted by atomic mass is 19.4. The summed E-state index contributed by atoms with van der Waals surface area (Å²) in [5.41, 5.74) is 5.77. The third-order valence-corrected chi connectivity index (χ3v) is 9.02. The molecule has 0 saturated heterocycles. The second kappa shape index (κ2) is 12.4. The van der Waals surface area contributed by atoms with E-state index in [0.717, 1.165) is 0 Å². The van der Waals surface area contributed by atoms with Gasteiger partial charge >= 0.3 is 12.7 Å². The molecule has 52 heavy (non-hydrogen) atoms. The van der Waals surface area contributed by atoms with E-state index in [1.807, 2.05) is 36.4 Å². The minimum atomic E-state index is -4.89. The molecule has 3 aliphatic rings. The number of fused-ring (bicyclic) bond motifs is 6. The van der Waals surface area contributed by atoms with E-state index >= 15 is 0 Å². The highest BCUT2D eigenvalue weighted by molar-refractivity contribution is 6.12. The molecule has 6 nitrogen and oxygen atoms in total. The fraction of sp³-hybridized carbons (Fsp3) is 0.100. The van der Waals surface area contributed by atoms with E-state index < -0.39 is 36.1 Å². The van der Waals surface area contributed by atoms with Gasteiger partial charge in [-0.05, 0) is 97.6 Å². The smallest absolute Gasteiger partial charge is 0.406 e. The molecule has 0 N–H and O–H groups in total. The molecule has 0 aromatic heterocycles. The summed E-state index contributed by atoms with van der Waals surface area (Å²) >= 11 is 0. The molecule has 4 aromatic rings. The van der Waals surface area contributed by atoms with Gasteiger partial charge in [0.05, 0.1) is 0 Å². The van der Waals surface area contributed by atoms with E-state index in [1.165, 1.54) is 36.4 Å². The first-order valence-electron chi connectivity index (χ1n) is 15.4. The van der Waals surface area contributed by atoms with Gasteiger partial charge in [0.2, 0.25) is 0 Å². The topological polar surface area (TPSA) is 114 Å². The van der Waals surface area contributed by atoms with Crippen LogP contribution >= 0.6 is 0 Å². The number of benzene rings is 4. The van der Waals surface area contributed by atoms with Crippen LogP contribution in [0.1, 0.15) is 28.2 Å². The molecule has 0 spiro atoms. The van der Waals surface area contributed by atoms with Crippen molar-refractivity contribution in [1.82, 2.24) is 0 Å². The molecule has 252 valence electrons. The SMILES string of the molecule is N#CC(C#N)=C1C2=CC3c4ccc(-c5cccc(OC(F)(F)F)c5)cc4C(=C(C#N)C#N)C3C=C2c2ccc(-c3cccc(OC(F)(F)F)c3)cc21. The molecule has 3 aliphatic carbocycles. The van der Waals surface area contributed by atoms with E-state index in [4.69, 9.17) is 0 Å². The van der Waals surface area contributed by atoms with Crippen LogP contribution in [0.15, 0.2) is 114 Å². The minimum Gasteiger partial charge on any atom is -0.406 e. The van der Waals surface area contributed by atoms with Crippen LogP contribution in [-0.2, 0) is 0 Å². The van der Waals surface area contributed by atoms with Gasteiger partial charge in [0.1, 0.15) is 46.9 Å². The Kier molecular flexibility index (Phi) is 7.98. The summed E-state index contributed by atoms with van der Waals surface area (Å²) in [4.78, 5) is 0. The Bertz CT molecular complexity index is 2480. The zero-order valence-electron chi connectivity index (χ0n) is 26.3. The second-order valence-electron chi connectivity index (χ2n) is 11.9. The average Bonchev–Trinajstić information content (AvgIpc) is 3.58. The first kappa shape index (κ1) is 33.5. The standard InChI is InChI=1S/C40H18F6N4O2/c41-39(42,43)51-27-5-1-3-21(11-27)23-7-9-29-31-15-36-32(16-35(31)37(33(29)13-23)25(17-47)18-48)30-10-8-24(14-34(30)38(36)26(19-49)20-50)22-4-2-6-28(12-22)52-40(44,45)46/h1-16,31,35H. The molecule has 0 heterocycles. The number of allylic oxidation sites excluding steroid dienone is 8. The lowest BCUT2D eigenvalue weighted by molar-refractivity contribution is -0.275. The Labute approximate surface area is 291 Å². The van der Waals surface area contributed by atoms with Gasteiger partial charge in [-0.1, -0.05) is 60.7 Å². The van der Waals surface area contributed by atoms with E-state index in [1.54, 1.807) is 48.5 Å². The number of rotatable bonds is 4. The summed E-state index contributed by atoms with van der Waals surface area (Å²) in [7, 11) is 0. The van der Waals surface area contributed by atoms with Gasteiger partial charge in [-0.15, -0.1) is 26.3 Å². The third-order valence-electron chi connectivity index (χ3n) is 9.02. The zero-order chi connectivity index (χ0) is 36.9. The van der Waals surface area contributed by atoms with Crippen molar-refractivity contribution in [2.24, 2.45) is 5.92 Å². The predicted octanol–water partition coefficient (Wildman–Crippen LogP) is 10.2. The molecule has 12 heteroatoms. The van der Waals surface area contributed by atoms with Gasteiger partial charge in [-0.3, -0.25) is 0 Å². The molecule has 0 fully saturated rings. The van der Waals surface area contributed by atoms with Crippen LogP contribution in [0.5, 0.6) is 11.5 Å². The molecule has 2 unspecified atom stereocenters. The predicted molar refractivity (Wildman–Crippen MR) is 176 cm³/mol. The van der Waals surface area contributed by atoms with Crippen LogP contribution in [0.2, 0.25) is 0 Å². The largest absolute Gasteiger partial charge is 0.573 e. The summed E-state index contributed by atoms with van der Waals surface area (Å²) in [6.45, 7) is 0. The van der Waals surface area contributed by atoms with Crippen molar-refractivity contribution in [1.29, 1.82) is 21.0 Å². The fourth-order valence-corrected chi connectivity index (χ4v) is 7.09. The van der Waals surface area contributed by atoms with Crippen LogP contribution < -0.4 is 9.47 Å². The highest BCUT2D eigenvalue weighted by Gasteiger charge is 2.43. The van der Waals surface area contributed by atoms with E-state index in [2.05, 4.69) is 9.47 Å². The van der Waals surface area contributed by atoms with Gasteiger partial charge in [-0.25, -0.2) is 0 Å². The van der Waals surface area contributed by atoms with Gasteiger partial charge in [0.15, 0.2) is 0 Å². The highest BCUT2D eigenvalue weighted by Crippen LogP contribution is 2.58. The van der Waals surface area contributed by atoms with Crippen LogP contribution in [0.25, 0.3) is 39.0 Å². The summed E-state index contributed by atoms with van der Waals surface area (Å²) in [6, 6.07) is 29.0. The number of alkyl halides is 6. The molecular formula is C40H18F6N4O2. The van der Waals surface area contributed by atoms with Gasteiger partial charge < -0.3 is 9.47 Å². The molecule has 7 rings (SSSR count). The second-order valence-corrected chi connectivity index (χ2v) is 11.9. The Hall–Kier alpha value is -7.02. The maximum atomic E-state index is 12.9. The van der Waals surface area contributed by atoms with Crippen molar-refractivity contribution in [3.63, 3.8) is 0 Å². The number of nitrogens with zero attached hydrogens (tertiary/aromatic N) is 4. The number of halogens is 6. The first-order valence-corrected chi connectivity index (χ1v) is 15.4. The summed E-state index contributed by atoms with van der Waals surface area (Å²) in [5.74, 6) is -1.85. The van der Waals surface area contributed by atoms with Crippen LogP contribution in [0.3, 0.4) is 0 Å². The van der Waals surface area contributed by atoms with E-state index in [9.17, 15) is 47.4 Å². The molecule has 0 saturated carbocycles. The third kappa shape index (κ3) is 5.93. The lowest BCUT2D eigenvalue weighted by Gasteiger charge is -2.23. The fourth-order valence-electron chi connectivity index (χ4n) is 7.09. The number of hydrogen-bond acceptors (Lipinski definition) is 6. The van der Waals surface area contributed by atoms with Crippen LogP contribution in [0, 0.1) is 51.2 Å². The molecule has 0 radical (unpaired) electrons. The quantitative estimate of drug-likeness (QED) is 0.155. The normalized spacial score (nSPS) is 16.7. The minimum absolute atomic E-state index is 0.159. The lowest BCUT2D eigenvalue weighted by Crippen LogP contribution is -2.17. The molecule has 0 bridgehead atoms. The van der Waals surface area contributed by atoms with Gasteiger partial charge in [0, 0.05) is 17.4 Å². The number of nitriles is 4. The van der Waals surface area contributed by atoms with Gasteiger partial charge in [0.25, 0.3) is 0 Å². The lowest BCUT2D eigenvalue weighted by atomic mass is 9.79. The Balaban J connectivity index is 1.37. The Morgan fingerprint density at radius 3 is 1.56 bits per heavy atom. The maximum Gasteiger partial charge on any atom is 0.573 e. The van der Waals surface area contributed by atoms with Crippen LogP contribution in [0.4, 0.5) is 26.3 Å². The molecule has 0 aliphatic heterocycles. The number of ether oxygens (including phenoxy) is 2. The van der Waals surface area contributed by atoms with Crippen molar-refractivity contribution < 1.29 is 35.8 Å². The van der Waals surface area contributed by atoms with Crippen molar-refractivity contribution in [3.8, 4) is 58.0 Å². The molecular weight excluding hydrogens is 682 g/mol. The molecule has 2 atom stereocenters.